The molecular formula is C18H36N2. The molecule has 20 heavy (non-hydrogen) atoms. The molecule has 0 aromatic heterocycles. The highest BCUT2D eigenvalue weighted by Gasteiger charge is 2.33. The number of nitrogens with zero attached hydrogens (tertiary/aromatic N) is 1. The van der Waals surface area contributed by atoms with E-state index >= 15 is 0 Å². The van der Waals surface area contributed by atoms with Crippen LogP contribution in [0.15, 0.2) is 0 Å². The zero-order chi connectivity index (χ0) is 14.4. The van der Waals surface area contributed by atoms with Crippen molar-refractivity contribution < 1.29 is 0 Å². The minimum atomic E-state index is 0.743. The lowest BCUT2D eigenvalue weighted by molar-refractivity contribution is 0.0659. The third-order valence-corrected chi connectivity index (χ3v) is 5.36. The maximum atomic E-state index is 3.84. The van der Waals surface area contributed by atoms with Crippen LogP contribution in [0.2, 0.25) is 0 Å². The Morgan fingerprint density at radius 3 is 2.55 bits per heavy atom. The first kappa shape index (κ1) is 16.3. The highest BCUT2D eigenvalue weighted by atomic mass is 15.2. The summed E-state index contributed by atoms with van der Waals surface area (Å²) in [7, 11) is 0. The molecule has 2 heteroatoms. The van der Waals surface area contributed by atoms with E-state index in [1.807, 2.05) is 0 Å². The molecule has 0 bridgehead atoms. The second kappa shape index (κ2) is 8.38. The third-order valence-electron chi connectivity index (χ3n) is 5.36. The Bertz CT molecular complexity index is 258. The number of rotatable bonds is 6. The molecule has 2 nitrogen and oxygen atoms in total. The summed E-state index contributed by atoms with van der Waals surface area (Å²) in [5.74, 6) is 1.80. The van der Waals surface area contributed by atoms with E-state index < -0.39 is 0 Å². The van der Waals surface area contributed by atoms with Gasteiger partial charge in [-0.25, -0.2) is 0 Å². The van der Waals surface area contributed by atoms with E-state index in [1.54, 1.807) is 0 Å². The predicted molar refractivity (Wildman–Crippen MR) is 88.1 cm³/mol. The van der Waals surface area contributed by atoms with Crippen LogP contribution in [-0.4, -0.2) is 36.6 Å². The van der Waals surface area contributed by atoms with E-state index in [-0.39, 0.29) is 0 Å². The summed E-state index contributed by atoms with van der Waals surface area (Å²) >= 11 is 0. The van der Waals surface area contributed by atoms with Crippen molar-refractivity contribution in [1.29, 1.82) is 0 Å². The fourth-order valence-corrected chi connectivity index (χ4v) is 4.11. The van der Waals surface area contributed by atoms with E-state index in [1.165, 1.54) is 71.0 Å². The summed E-state index contributed by atoms with van der Waals surface area (Å²) in [6.07, 6.45) is 11.4. The number of piperazine rings is 1. The second-order valence-corrected chi connectivity index (χ2v) is 7.54. The van der Waals surface area contributed by atoms with Gasteiger partial charge in [0.15, 0.2) is 0 Å². The smallest absolute Gasteiger partial charge is 0.0249 e. The minimum Gasteiger partial charge on any atom is -0.311 e. The molecule has 1 aliphatic carbocycles. The van der Waals surface area contributed by atoms with Crippen molar-refractivity contribution in [3.63, 3.8) is 0 Å². The monoisotopic (exact) mass is 280 g/mol. The zero-order valence-corrected chi connectivity index (χ0v) is 14.0. The maximum Gasteiger partial charge on any atom is 0.0249 e. The van der Waals surface area contributed by atoms with Gasteiger partial charge < -0.3 is 5.32 Å². The molecule has 2 unspecified atom stereocenters. The van der Waals surface area contributed by atoms with Crippen LogP contribution in [0.1, 0.15) is 72.1 Å². The second-order valence-electron chi connectivity index (χ2n) is 7.54. The average molecular weight is 280 g/mol. The van der Waals surface area contributed by atoms with Gasteiger partial charge in [-0.2, -0.15) is 0 Å². The van der Waals surface area contributed by atoms with Crippen molar-refractivity contribution in [3.05, 3.63) is 0 Å². The summed E-state index contributed by atoms with van der Waals surface area (Å²) in [6.45, 7) is 10.9. The molecule has 2 aliphatic rings. The molecule has 0 aromatic rings. The molecule has 1 N–H and O–H groups in total. The Labute approximate surface area is 126 Å². The summed E-state index contributed by atoms with van der Waals surface area (Å²) < 4.78 is 0. The lowest BCUT2D eigenvalue weighted by Crippen LogP contribution is -2.59. The SMILES string of the molecule is CCCC1CN(CCC(C)C)C(C2CCCCC2)CN1. The first-order valence-corrected chi connectivity index (χ1v) is 9.18. The molecule has 1 saturated carbocycles. The molecule has 2 fully saturated rings. The Kier molecular flexibility index (Phi) is 6.83. The van der Waals surface area contributed by atoms with Crippen molar-refractivity contribution >= 4 is 0 Å². The molecule has 118 valence electrons. The fraction of sp³-hybridized carbons (Fsp3) is 1.00. The average Bonchev–Trinajstić information content (AvgIpc) is 2.46. The summed E-state index contributed by atoms with van der Waals surface area (Å²) in [6, 6.07) is 1.56. The van der Waals surface area contributed by atoms with Crippen LogP contribution < -0.4 is 5.32 Å². The standard InChI is InChI=1S/C18H36N2/c1-4-8-17-14-20(12-11-15(2)3)18(13-19-17)16-9-6-5-7-10-16/h15-19H,4-14H2,1-3H3. The number of nitrogens with one attached hydrogen (secondary N) is 1. The largest absolute Gasteiger partial charge is 0.311 e. The van der Waals surface area contributed by atoms with Crippen LogP contribution >= 0.6 is 0 Å². The molecule has 1 saturated heterocycles. The van der Waals surface area contributed by atoms with E-state index in [9.17, 15) is 0 Å². The third kappa shape index (κ3) is 4.73. The van der Waals surface area contributed by atoms with Gasteiger partial charge in [0, 0.05) is 25.2 Å². The van der Waals surface area contributed by atoms with Gasteiger partial charge in [0.05, 0.1) is 0 Å². The van der Waals surface area contributed by atoms with Crippen LogP contribution in [0.5, 0.6) is 0 Å². The van der Waals surface area contributed by atoms with Crippen LogP contribution in [-0.2, 0) is 0 Å². The van der Waals surface area contributed by atoms with Crippen molar-refractivity contribution in [1.82, 2.24) is 10.2 Å². The lowest BCUT2D eigenvalue weighted by atomic mass is 9.82. The molecule has 0 aromatic carbocycles. The Balaban J connectivity index is 1.92. The first-order chi connectivity index (χ1) is 9.70. The molecular weight excluding hydrogens is 244 g/mol. The highest BCUT2D eigenvalue weighted by Crippen LogP contribution is 2.30. The highest BCUT2D eigenvalue weighted by molar-refractivity contribution is 4.90. The lowest BCUT2D eigenvalue weighted by Gasteiger charge is -2.45. The van der Waals surface area contributed by atoms with Crippen molar-refractivity contribution in [3.8, 4) is 0 Å². The molecule has 2 atom stereocenters. The van der Waals surface area contributed by atoms with Gasteiger partial charge in [-0.3, -0.25) is 4.90 Å². The van der Waals surface area contributed by atoms with E-state index in [0.29, 0.717) is 0 Å². The molecule has 0 spiro atoms. The van der Waals surface area contributed by atoms with Gasteiger partial charge in [0.1, 0.15) is 0 Å². The van der Waals surface area contributed by atoms with Gasteiger partial charge in [-0.05, 0) is 44.1 Å². The molecule has 1 aliphatic heterocycles. The van der Waals surface area contributed by atoms with E-state index in [2.05, 4.69) is 31.0 Å². The maximum absolute atomic E-state index is 3.84. The Morgan fingerprint density at radius 2 is 1.90 bits per heavy atom. The van der Waals surface area contributed by atoms with Crippen molar-refractivity contribution in [2.45, 2.75) is 84.2 Å². The summed E-state index contributed by atoms with van der Waals surface area (Å²) in [4.78, 5) is 2.85. The van der Waals surface area contributed by atoms with Gasteiger partial charge in [-0.15, -0.1) is 0 Å². The van der Waals surface area contributed by atoms with Crippen molar-refractivity contribution in [2.24, 2.45) is 11.8 Å². The van der Waals surface area contributed by atoms with Crippen LogP contribution in [0.3, 0.4) is 0 Å². The van der Waals surface area contributed by atoms with Gasteiger partial charge in [0.2, 0.25) is 0 Å². The number of hydrogen-bond donors (Lipinski definition) is 1. The van der Waals surface area contributed by atoms with Crippen LogP contribution in [0.25, 0.3) is 0 Å². The minimum absolute atomic E-state index is 0.743. The summed E-state index contributed by atoms with van der Waals surface area (Å²) in [5, 5.41) is 3.84. The first-order valence-electron chi connectivity index (χ1n) is 9.18. The predicted octanol–water partition coefficient (Wildman–Crippen LogP) is 4.06. The topological polar surface area (TPSA) is 15.3 Å². The quantitative estimate of drug-likeness (QED) is 0.789. The van der Waals surface area contributed by atoms with E-state index in [4.69, 9.17) is 0 Å². The molecule has 2 rings (SSSR count). The number of hydrogen-bond acceptors (Lipinski definition) is 2. The molecule has 0 radical (unpaired) electrons. The van der Waals surface area contributed by atoms with E-state index in [0.717, 1.165) is 23.9 Å². The van der Waals surface area contributed by atoms with Gasteiger partial charge in [0.25, 0.3) is 0 Å². The summed E-state index contributed by atoms with van der Waals surface area (Å²) in [5.41, 5.74) is 0. The van der Waals surface area contributed by atoms with Gasteiger partial charge in [-0.1, -0.05) is 46.5 Å². The van der Waals surface area contributed by atoms with Gasteiger partial charge >= 0.3 is 0 Å². The molecule has 0 amide bonds. The zero-order valence-electron chi connectivity index (χ0n) is 14.0. The Morgan fingerprint density at radius 1 is 1.15 bits per heavy atom. The fourth-order valence-electron chi connectivity index (χ4n) is 4.11. The van der Waals surface area contributed by atoms with Crippen molar-refractivity contribution in [2.75, 3.05) is 19.6 Å². The van der Waals surface area contributed by atoms with Crippen LogP contribution in [0, 0.1) is 11.8 Å². The Hall–Kier alpha value is -0.0800. The molecule has 1 heterocycles. The normalized spacial score (nSPS) is 30.0. The van der Waals surface area contributed by atoms with Crippen LogP contribution in [0.4, 0.5) is 0 Å².